The fourth-order valence-electron chi connectivity index (χ4n) is 2.73. The van der Waals surface area contributed by atoms with Gasteiger partial charge in [0.05, 0.1) is 11.7 Å². The summed E-state index contributed by atoms with van der Waals surface area (Å²) in [7, 11) is 2.20. The normalized spacial score (nSPS) is 35.4. The van der Waals surface area contributed by atoms with E-state index in [1.54, 1.807) is 0 Å². The molecule has 2 heteroatoms. The zero-order valence-electron chi connectivity index (χ0n) is 8.30. The summed E-state index contributed by atoms with van der Waals surface area (Å²) >= 11 is 0. The van der Waals surface area contributed by atoms with E-state index in [0.29, 0.717) is 18.0 Å². The molecule has 0 amide bonds. The van der Waals surface area contributed by atoms with Crippen LogP contribution in [0.1, 0.15) is 18.2 Å². The number of rotatable bonds is 1. The highest BCUT2D eigenvalue weighted by Gasteiger charge is 2.41. The third kappa shape index (κ3) is 1.04. The van der Waals surface area contributed by atoms with Gasteiger partial charge in [0, 0.05) is 12.2 Å². The summed E-state index contributed by atoms with van der Waals surface area (Å²) in [6.45, 7) is 0. The van der Waals surface area contributed by atoms with Crippen molar-refractivity contribution in [1.82, 2.24) is 9.88 Å². The molecule has 0 unspecified atom stereocenters. The van der Waals surface area contributed by atoms with E-state index in [2.05, 4.69) is 41.2 Å². The van der Waals surface area contributed by atoms with E-state index in [-0.39, 0.29) is 0 Å². The first kappa shape index (κ1) is 8.18. The summed E-state index contributed by atoms with van der Waals surface area (Å²) in [4.78, 5) is 6.89. The van der Waals surface area contributed by atoms with E-state index in [9.17, 15) is 0 Å². The fraction of sp³-hybridized carbons (Fsp3) is 0.417. The van der Waals surface area contributed by atoms with Crippen LogP contribution < -0.4 is 0 Å². The Labute approximate surface area is 84.3 Å². The van der Waals surface area contributed by atoms with Crippen molar-refractivity contribution in [3.05, 3.63) is 42.2 Å². The van der Waals surface area contributed by atoms with Gasteiger partial charge in [-0.15, -0.1) is 0 Å². The van der Waals surface area contributed by atoms with Crippen LogP contribution in [0.25, 0.3) is 0 Å². The largest absolute Gasteiger partial charge is 0.291 e. The van der Waals surface area contributed by atoms with Crippen LogP contribution in [0, 0.1) is 5.92 Å². The van der Waals surface area contributed by atoms with Gasteiger partial charge in [-0.3, -0.25) is 9.88 Å². The summed E-state index contributed by atoms with van der Waals surface area (Å²) in [5, 5.41) is 0. The molecular weight excluding hydrogens is 172 g/mol. The molecule has 1 aliphatic carbocycles. The lowest BCUT2D eigenvalue weighted by Gasteiger charge is -2.28. The Balaban J connectivity index is 1.97. The molecule has 0 saturated carbocycles. The minimum absolute atomic E-state index is 0.506. The van der Waals surface area contributed by atoms with Gasteiger partial charge in [-0.1, -0.05) is 18.2 Å². The quantitative estimate of drug-likeness (QED) is 0.624. The molecule has 1 aromatic rings. The second-order valence-electron chi connectivity index (χ2n) is 4.22. The molecule has 72 valence electrons. The predicted octanol–water partition coefficient (Wildman–Crippen LogP) is 2.01. The fourth-order valence-corrected chi connectivity index (χ4v) is 2.73. The van der Waals surface area contributed by atoms with E-state index < -0.39 is 0 Å². The zero-order chi connectivity index (χ0) is 9.54. The molecule has 0 N–H and O–H groups in total. The van der Waals surface area contributed by atoms with Crippen LogP contribution in [0.4, 0.5) is 0 Å². The molecule has 0 spiro atoms. The molecule has 2 bridgehead atoms. The Morgan fingerprint density at radius 3 is 2.93 bits per heavy atom. The van der Waals surface area contributed by atoms with Gasteiger partial charge in [-0.25, -0.2) is 0 Å². The van der Waals surface area contributed by atoms with Gasteiger partial charge in [0.1, 0.15) is 0 Å². The van der Waals surface area contributed by atoms with E-state index in [0.717, 1.165) is 0 Å². The highest BCUT2D eigenvalue weighted by Crippen LogP contribution is 2.44. The van der Waals surface area contributed by atoms with Crippen LogP contribution in [0.5, 0.6) is 0 Å². The van der Waals surface area contributed by atoms with Crippen LogP contribution >= 0.6 is 0 Å². The number of likely N-dealkylation sites (N-methyl/N-ethyl adjacent to an activating group) is 1. The Kier molecular flexibility index (Phi) is 1.71. The molecule has 0 aromatic carbocycles. The number of aromatic nitrogens is 1. The number of nitrogens with zero attached hydrogens (tertiary/aromatic N) is 2. The van der Waals surface area contributed by atoms with E-state index in [1.165, 1.54) is 12.1 Å². The average Bonchev–Trinajstić information content (AvgIpc) is 2.79. The molecule has 1 aliphatic heterocycles. The average molecular weight is 186 g/mol. The van der Waals surface area contributed by atoms with Crippen molar-refractivity contribution < 1.29 is 0 Å². The summed E-state index contributed by atoms with van der Waals surface area (Å²) in [5.41, 5.74) is 1.21. The first-order chi connectivity index (χ1) is 6.86. The molecule has 14 heavy (non-hydrogen) atoms. The number of hydrogen-bond donors (Lipinski definition) is 0. The maximum atomic E-state index is 4.45. The Morgan fingerprint density at radius 1 is 1.36 bits per heavy atom. The minimum atomic E-state index is 0.506. The molecule has 3 atom stereocenters. The molecule has 1 aromatic heterocycles. The Morgan fingerprint density at radius 2 is 2.29 bits per heavy atom. The Bertz CT molecular complexity index is 358. The lowest BCUT2D eigenvalue weighted by atomic mass is 9.99. The zero-order valence-corrected chi connectivity index (χ0v) is 8.30. The van der Waals surface area contributed by atoms with Crippen molar-refractivity contribution in [3.63, 3.8) is 0 Å². The maximum Gasteiger partial charge on any atom is 0.0586 e. The lowest BCUT2D eigenvalue weighted by Crippen LogP contribution is -2.29. The van der Waals surface area contributed by atoms with Crippen molar-refractivity contribution in [2.45, 2.75) is 18.5 Å². The lowest BCUT2D eigenvalue weighted by molar-refractivity contribution is 0.246. The number of fused-ring (bicyclic) bond motifs is 2. The number of hydrogen-bond acceptors (Lipinski definition) is 2. The van der Waals surface area contributed by atoms with Gasteiger partial charge in [0.2, 0.25) is 0 Å². The van der Waals surface area contributed by atoms with Gasteiger partial charge in [0.15, 0.2) is 0 Å². The van der Waals surface area contributed by atoms with Gasteiger partial charge in [-0.2, -0.15) is 0 Å². The van der Waals surface area contributed by atoms with E-state index in [1.807, 2.05) is 12.3 Å². The van der Waals surface area contributed by atoms with E-state index >= 15 is 0 Å². The molecule has 1 fully saturated rings. The second-order valence-corrected chi connectivity index (χ2v) is 4.22. The van der Waals surface area contributed by atoms with Crippen molar-refractivity contribution >= 4 is 0 Å². The maximum absolute atomic E-state index is 4.45. The van der Waals surface area contributed by atoms with E-state index in [4.69, 9.17) is 0 Å². The Hall–Kier alpha value is -1.15. The molecule has 1 saturated heterocycles. The number of likely N-dealkylation sites (tertiary alicyclic amines) is 1. The second kappa shape index (κ2) is 2.92. The van der Waals surface area contributed by atoms with Crippen molar-refractivity contribution in [3.8, 4) is 0 Å². The standard InChI is InChI=1S/C12H14N2/c1-14-10-6-5-9(8-10)12(14)11-4-2-3-7-13-11/h2-7,9-10,12H,8H2,1H3/t9-,10+,12-/m1/s1. The highest BCUT2D eigenvalue weighted by atomic mass is 15.2. The van der Waals surface area contributed by atoms with Gasteiger partial charge in [0.25, 0.3) is 0 Å². The molecular formula is C12H14N2. The van der Waals surface area contributed by atoms with Crippen LogP contribution in [-0.4, -0.2) is 23.0 Å². The third-order valence-electron chi connectivity index (χ3n) is 3.45. The summed E-state index contributed by atoms with van der Waals surface area (Å²) in [6, 6.07) is 7.34. The highest BCUT2D eigenvalue weighted by molar-refractivity contribution is 5.23. The van der Waals surface area contributed by atoms with Crippen molar-refractivity contribution in [2.24, 2.45) is 5.92 Å². The first-order valence-corrected chi connectivity index (χ1v) is 5.17. The predicted molar refractivity (Wildman–Crippen MR) is 55.8 cm³/mol. The van der Waals surface area contributed by atoms with Crippen LogP contribution in [-0.2, 0) is 0 Å². The summed E-state index contributed by atoms with van der Waals surface area (Å²) < 4.78 is 0. The molecule has 2 nitrogen and oxygen atoms in total. The monoisotopic (exact) mass is 186 g/mol. The first-order valence-electron chi connectivity index (χ1n) is 5.17. The SMILES string of the molecule is CN1[C@H]2C=C[C@H](C2)[C@@H]1c1ccccn1. The number of pyridine rings is 1. The van der Waals surface area contributed by atoms with Gasteiger partial charge >= 0.3 is 0 Å². The third-order valence-corrected chi connectivity index (χ3v) is 3.45. The molecule has 3 rings (SSSR count). The van der Waals surface area contributed by atoms with Crippen LogP contribution in [0.2, 0.25) is 0 Å². The smallest absolute Gasteiger partial charge is 0.0586 e. The van der Waals surface area contributed by atoms with Gasteiger partial charge in [-0.05, 0) is 31.5 Å². The molecule has 2 heterocycles. The van der Waals surface area contributed by atoms with Crippen molar-refractivity contribution in [1.29, 1.82) is 0 Å². The van der Waals surface area contributed by atoms with Gasteiger partial charge < -0.3 is 0 Å². The minimum Gasteiger partial charge on any atom is -0.291 e. The molecule has 0 radical (unpaired) electrons. The van der Waals surface area contributed by atoms with Crippen LogP contribution in [0.15, 0.2) is 36.5 Å². The summed E-state index contributed by atoms with van der Waals surface area (Å²) in [5.74, 6) is 0.680. The topological polar surface area (TPSA) is 16.1 Å². The summed E-state index contributed by atoms with van der Waals surface area (Å²) in [6.07, 6.45) is 7.84. The van der Waals surface area contributed by atoms with Crippen molar-refractivity contribution in [2.75, 3.05) is 7.05 Å². The van der Waals surface area contributed by atoms with Crippen LogP contribution in [0.3, 0.4) is 0 Å². The molecule has 2 aliphatic rings.